The maximum atomic E-state index is 13.3. The number of rotatable bonds is 8. The maximum Gasteiger partial charge on any atom is 0.196 e. The lowest BCUT2D eigenvalue weighted by Crippen LogP contribution is -2.27. The van der Waals surface area contributed by atoms with Crippen LogP contribution in [0.2, 0.25) is 0 Å². The van der Waals surface area contributed by atoms with Crippen LogP contribution in [-0.2, 0) is 22.4 Å². The number of halogens is 1. The summed E-state index contributed by atoms with van der Waals surface area (Å²) in [5.41, 5.74) is 1.22. The molecule has 2 aromatic rings. The summed E-state index contributed by atoms with van der Waals surface area (Å²) in [5.74, 6) is 1.27. The van der Waals surface area contributed by atoms with Gasteiger partial charge in [-0.25, -0.2) is 4.98 Å². The highest BCUT2D eigenvalue weighted by Gasteiger charge is 2.28. The largest absolute Gasteiger partial charge is 0.381 e. The normalized spacial score (nSPS) is 19.9. The van der Waals surface area contributed by atoms with E-state index >= 15 is 0 Å². The molecule has 2 aliphatic rings. The van der Waals surface area contributed by atoms with Crippen LogP contribution in [0.1, 0.15) is 61.6 Å². The number of ether oxygens (including phenoxy) is 1. The monoisotopic (exact) mass is 405 g/mol. The van der Waals surface area contributed by atoms with Gasteiger partial charge in [-0.05, 0) is 43.1 Å². The van der Waals surface area contributed by atoms with Crippen LogP contribution < -0.4 is 0 Å². The summed E-state index contributed by atoms with van der Waals surface area (Å²) in [6.45, 7) is 1.52. The zero-order chi connectivity index (χ0) is 19.3. The van der Waals surface area contributed by atoms with E-state index in [2.05, 4.69) is 16.3 Å². The highest BCUT2D eigenvalue weighted by molar-refractivity contribution is 7.10. The summed E-state index contributed by atoms with van der Waals surface area (Å²) in [4.78, 5) is 17.1. The molecule has 5 nitrogen and oxygen atoms in total. The third kappa shape index (κ3) is 5.06. The van der Waals surface area contributed by atoms with Crippen molar-refractivity contribution >= 4 is 17.1 Å². The van der Waals surface area contributed by atoms with Crippen LogP contribution in [0.3, 0.4) is 0 Å². The van der Waals surface area contributed by atoms with Crippen molar-refractivity contribution in [2.75, 3.05) is 13.2 Å². The van der Waals surface area contributed by atoms with Crippen molar-refractivity contribution in [2.24, 2.45) is 11.8 Å². The van der Waals surface area contributed by atoms with E-state index in [0.29, 0.717) is 10.9 Å². The second kappa shape index (κ2) is 9.27. The van der Waals surface area contributed by atoms with E-state index in [1.165, 1.54) is 37.4 Å². The first-order chi connectivity index (χ1) is 13.7. The standard InChI is InChI=1S/C21H28FN3O2S/c22-20-13-23-21(28-20)11-19(26)18(10-16-5-7-27-8-6-16)25-14-17(12-24-25)9-15-3-1-2-4-15/h12-16,18H,1-11H2. The van der Waals surface area contributed by atoms with Gasteiger partial charge in [-0.1, -0.05) is 37.0 Å². The van der Waals surface area contributed by atoms with Gasteiger partial charge in [-0.15, -0.1) is 0 Å². The van der Waals surface area contributed by atoms with Crippen LogP contribution in [-0.4, -0.2) is 33.8 Å². The number of carbonyl (C=O) groups is 1. The highest BCUT2D eigenvalue weighted by Crippen LogP contribution is 2.30. The van der Waals surface area contributed by atoms with Crippen LogP contribution in [0, 0.1) is 17.0 Å². The van der Waals surface area contributed by atoms with E-state index in [9.17, 15) is 9.18 Å². The molecule has 152 valence electrons. The van der Waals surface area contributed by atoms with Crippen molar-refractivity contribution in [3.63, 3.8) is 0 Å². The summed E-state index contributed by atoms with van der Waals surface area (Å²) >= 11 is 0.953. The second-order valence-electron chi connectivity index (χ2n) is 8.19. The van der Waals surface area contributed by atoms with Gasteiger partial charge in [-0.2, -0.15) is 9.49 Å². The molecular weight excluding hydrogens is 377 g/mol. The molecule has 1 aliphatic carbocycles. The molecule has 0 N–H and O–H groups in total. The minimum atomic E-state index is -0.346. The van der Waals surface area contributed by atoms with Crippen LogP contribution in [0.25, 0.3) is 0 Å². The van der Waals surface area contributed by atoms with E-state index in [0.717, 1.165) is 56.2 Å². The minimum absolute atomic E-state index is 0.0661. The molecule has 1 atom stereocenters. The number of nitrogens with zero attached hydrogens (tertiary/aromatic N) is 3. The van der Waals surface area contributed by atoms with Gasteiger partial charge in [0.2, 0.25) is 0 Å². The zero-order valence-electron chi connectivity index (χ0n) is 16.2. The van der Waals surface area contributed by atoms with Gasteiger partial charge < -0.3 is 4.74 Å². The van der Waals surface area contributed by atoms with Crippen molar-refractivity contribution in [3.8, 4) is 0 Å². The molecule has 28 heavy (non-hydrogen) atoms. The molecule has 0 aromatic carbocycles. The van der Waals surface area contributed by atoms with E-state index in [1.54, 1.807) is 0 Å². The molecule has 2 fully saturated rings. The lowest BCUT2D eigenvalue weighted by Gasteiger charge is -2.26. The Morgan fingerprint density at radius 3 is 2.71 bits per heavy atom. The fourth-order valence-electron chi connectivity index (χ4n) is 4.52. The summed E-state index contributed by atoms with van der Waals surface area (Å²) in [6.07, 6.45) is 14.4. The van der Waals surface area contributed by atoms with Gasteiger partial charge in [0.05, 0.1) is 18.8 Å². The van der Waals surface area contributed by atoms with Gasteiger partial charge in [0, 0.05) is 19.4 Å². The summed E-state index contributed by atoms with van der Waals surface area (Å²) in [7, 11) is 0. The Balaban J connectivity index is 1.48. The number of Topliss-reactive ketones (excluding diaryl/α,β-unsaturated/α-hetero) is 1. The van der Waals surface area contributed by atoms with E-state index < -0.39 is 0 Å². The Kier molecular flexibility index (Phi) is 6.52. The maximum absolute atomic E-state index is 13.3. The Morgan fingerprint density at radius 1 is 1.21 bits per heavy atom. The number of ketones is 1. The topological polar surface area (TPSA) is 57.0 Å². The highest BCUT2D eigenvalue weighted by atomic mass is 32.1. The van der Waals surface area contributed by atoms with Crippen molar-refractivity contribution < 1.29 is 13.9 Å². The Labute approximate surface area is 169 Å². The number of carbonyl (C=O) groups excluding carboxylic acids is 1. The van der Waals surface area contributed by atoms with Crippen molar-refractivity contribution in [2.45, 2.75) is 63.8 Å². The Morgan fingerprint density at radius 2 is 2.00 bits per heavy atom. The van der Waals surface area contributed by atoms with Gasteiger partial charge in [0.25, 0.3) is 0 Å². The summed E-state index contributed by atoms with van der Waals surface area (Å²) in [5, 5.41) is 4.76. The van der Waals surface area contributed by atoms with Crippen molar-refractivity contribution in [3.05, 3.63) is 34.3 Å². The van der Waals surface area contributed by atoms with Crippen molar-refractivity contribution in [1.82, 2.24) is 14.8 Å². The van der Waals surface area contributed by atoms with Crippen LogP contribution in [0.4, 0.5) is 4.39 Å². The second-order valence-corrected chi connectivity index (χ2v) is 9.26. The van der Waals surface area contributed by atoms with Crippen LogP contribution in [0.15, 0.2) is 18.6 Å². The lowest BCUT2D eigenvalue weighted by molar-refractivity contribution is -0.122. The quantitative estimate of drug-likeness (QED) is 0.654. The minimum Gasteiger partial charge on any atom is -0.381 e. The fourth-order valence-corrected chi connectivity index (χ4v) is 5.17. The first-order valence-electron chi connectivity index (χ1n) is 10.4. The smallest absolute Gasteiger partial charge is 0.196 e. The first kappa shape index (κ1) is 19.7. The number of aromatic nitrogens is 3. The first-order valence-corrected chi connectivity index (χ1v) is 11.2. The Hall–Kier alpha value is -1.60. The average molecular weight is 406 g/mol. The summed E-state index contributed by atoms with van der Waals surface area (Å²) < 4.78 is 20.6. The van der Waals surface area contributed by atoms with Gasteiger partial charge in [-0.3, -0.25) is 9.48 Å². The molecular formula is C21H28FN3O2S. The number of hydrogen-bond donors (Lipinski definition) is 0. The molecule has 3 heterocycles. The fraction of sp³-hybridized carbons (Fsp3) is 0.667. The molecule has 1 unspecified atom stereocenters. The Bertz CT molecular complexity index is 778. The molecule has 0 spiro atoms. The molecule has 0 radical (unpaired) electrons. The van der Waals surface area contributed by atoms with Crippen LogP contribution in [0.5, 0.6) is 0 Å². The number of thiazole rings is 1. The molecule has 4 rings (SSSR count). The van der Waals surface area contributed by atoms with E-state index in [1.807, 2.05) is 10.9 Å². The molecule has 7 heteroatoms. The predicted molar refractivity (Wildman–Crippen MR) is 106 cm³/mol. The predicted octanol–water partition coefficient (Wildman–Crippen LogP) is 4.38. The molecule has 2 aromatic heterocycles. The lowest BCUT2D eigenvalue weighted by atomic mass is 9.90. The average Bonchev–Trinajstić information content (AvgIpc) is 3.44. The third-order valence-corrected chi connectivity index (χ3v) is 6.88. The third-order valence-electron chi connectivity index (χ3n) is 6.09. The molecule has 0 bridgehead atoms. The molecule has 1 saturated carbocycles. The van der Waals surface area contributed by atoms with Crippen LogP contribution >= 0.6 is 11.3 Å². The molecule has 1 saturated heterocycles. The molecule has 1 aliphatic heterocycles. The zero-order valence-corrected chi connectivity index (χ0v) is 17.0. The molecule has 0 amide bonds. The van der Waals surface area contributed by atoms with Gasteiger partial charge >= 0.3 is 0 Å². The number of hydrogen-bond acceptors (Lipinski definition) is 5. The summed E-state index contributed by atoms with van der Waals surface area (Å²) in [6, 6.07) is -0.313. The van der Waals surface area contributed by atoms with Gasteiger partial charge in [0.1, 0.15) is 11.0 Å². The van der Waals surface area contributed by atoms with E-state index in [4.69, 9.17) is 4.74 Å². The van der Waals surface area contributed by atoms with Crippen molar-refractivity contribution in [1.29, 1.82) is 0 Å². The SMILES string of the molecule is O=C(Cc1ncc(F)s1)C(CC1CCOCC1)n1cc(CC2CCCC2)cn1. The van der Waals surface area contributed by atoms with Gasteiger partial charge in [0.15, 0.2) is 10.9 Å². The van der Waals surface area contributed by atoms with E-state index in [-0.39, 0.29) is 23.4 Å².